The van der Waals surface area contributed by atoms with Gasteiger partial charge in [0.15, 0.2) is 0 Å². The first kappa shape index (κ1) is 14.3. The second-order valence-electron chi connectivity index (χ2n) is 9.14. The molecule has 0 amide bonds. The van der Waals surface area contributed by atoms with E-state index in [2.05, 4.69) is 26.8 Å². The minimum Gasteiger partial charge on any atom is -0.393 e. The van der Waals surface area contributed by atoms with Crippen molar-refractivity contribution < 1.29 is 5.11 Å². The second-order valence-corrected chi connectivity index (χ2v) is 9.14. The first-order valence-corrected chi connectivity index (χ1v) is 9.31. The standard InChI is InChI=1S/C20H32O/c1-13-5-4-11-19(2)15(13)7-6-14-16-8-9-18(21)20(16,3)12-10-17(14)19/h5,14-18,21H,4,6-12H2,1-3H3/t14-,15?,16-,17+,18?,19-,20-/m0/s1. The summed E-state index contributed by atoms with van der Waals surface area (Å²) >= 11 is 0. The van der Waals surface area contributed by atoms with Gasteiger partial charge >= 0.3 is 0 Å². The predicted octanol–water partition coefficient (Wildman–Crippen LogP) is 4.95. The van der Waals surface area contributed by atoms with Gasteiger partial charge in [-0.15, -0.1) is 0 Å². The van der Waals surface area contributed by atoms with E-state index < -0.39 is 0 Å². The summed E-state index contributed by atoms with van der Waals surface area (Å²) in [5.41, 5.74) is 2.47. The van der Waals surface area contributed by atoms with Gasteiger partial charge in [0, 0.05) is 0 Å². The van der Waals surface area contributed by atoms with Crippen molar-refractivity contribution in [2.24, 2.45) is 34.5 Å². The van der Waals surface area contributed by atoms with E-state index in [0.717, 1.165) is 30.1 Å². The molecule has 118 valence electrons. The van der Waals surface area contributed by atoms with Crippen molar-refractivity contribution in [3.05, 3.63) is 11.6 Å². The number of fused-ring (bicyclic) bond motifs is 5. The fourth-order valence-electron chi connectivity index (χ4n) is 7.29. The summed E-state index contributed by atoms with van der Waals surface area (Å²) in [7, 11) is 0. The van der Waals surface area contributed by atoms with E-state index in [1.54, 1.807) is 5.57 Å². The molecule has 2 unspecified atom stereocenters. The van der Waals surface area contributed by atoms with E-state index in [4.69, 9.17) is 0 Å². The topological polar surface area (TPSA) is 20.2 Å². The Balaban J connectivity index is 1.67. The minimum absolute atomic E-state index is 0.0260. The van der Waals surface area contributed by atoms with Gasteiger partial charge in [-0.2, -0.15) is 0 Å². The Hall–Kier alpha value is -0.300. The molecule has 1 heteroatoms. The molecule has 0 aromatic heterocycles. The molecule has 3 saturated carbocycles. The Labute approximate surface area is 130 Å². The number of hydrogen-bond donors (Lipinski definition) is 1. The number of aliphatic hydroxyl groups is 1. The van der Waals surface area contributed by atoms with Gasteiger partial charge in [-0.1, -0.05) is 25.5 Å². The largest absolute Gasteiger partial charge is 0.393 e. The number of allylic oxidation sites excluding steroid dienone is 2. The van der Waals surface area contributed by atoms with Gasteiger partial charge in [-0.3, -0.25) is 0 Å². The van der Waals surface area contributed by atoms with E-state index in [0.29, 0.717) is 5.41 Å². The predicted molar refractivity (Wildman–Crippen MR) is 86.9 cm³/mol. The quantitative estimate of drug-likeness (QED) is 0.626. The molecule has 0 spiro atoms. The molecule has 7 atom stereocenters. The molecule has 21 heavy (non-hydrogen) atoms. The summed E-state index contributed by atoms with van der Waals surface area (Å²) in [5, 5.41) is 10.5. The van der Waals surface area contributed by atoms with Crippen LogP contribution in [0.25, 0.3) is 0 Å². The van der Waals surface area contributed by atoms with Crippen LogP contribution in [0.2, 0.25) is 0 Å². The van der Waals surface area contributed by atoms with Crippen LogP contribution in [0.5, 0.6) is 0 Å². The average molecular weight is 288 g/mol. The van der Waals surface area contributed by atoms with Crippen molar-refractivity contribution in [3.8, 4) is 0 Å². The van der Waals surface area contributed by atoms with Crippen LogP contribution in [-0.2, 0) is 0 Å². The molecule has 0 aromatic carbocycles. The van der Waals surface area contributed by atoms with E-state index in [1.807, 2.05) is 0 Å². The van der Waals surface area contributed by atoms with Crippen LogP contribution in [-0.4, -0.2) is 11.2 Å². The highest BCUT2D eigenvalue weighted by Gasteiger charge is 2.59. The fraction of sp³-hybridized carbons (Fsp3) is 0.900. The van der Waals surface area contributed by atoms with Gasteiger partial charge in [0.2, 0.25) is 0 Å². The first-order valence-electron chi connectivity index (χ1n) is 9.31. The molecule has 0 bridgehead atoms. The summed E-state index contributed by atoms with van der Waals surface area (Å²) < 4.78 is 0. The Bertz CT molecular complexity index is 466. The van der Waals surface area contributed by atoms with Crippen LogP contribution < -0.4 is 0 Å². The van der Waals surface area contributed by atoms with Crippen LogP contribution in [0.3, 0.4) is 0 Å². The molecule has 4 aliphatic rings. The summed E-state index contributed by atoms with van der Waals surface area (Å²) in [6.07, 6.45) is 13.0. The molecule has 0 heterocycles. The molecule has 1 N–H and O–H groups in total. The Morgan fingerprint density at radius 1 is 0.952 bits per heavy atom. The van der Waals surface area contributed by atoms with E-state index in [1.165, 1.54) is 44.9 Å². The number of rotatable bonds is 0. The Kier molecular flexibility index (Phi) is 3.13. The average Bonchev–Trinajstić information content (AvgIpc) is 2.75. The fourth-order valence-corrected chi connectivity index (χ4v) is 7.29. The van der Waals surface area contributed by atoms with Gasteiger partial charge in [-0.05, 0) is 92.8 Å². The normalized spacial score (nSPS) is 56.2. The lowest BCUT2D eigenvalue weighted by atomic mass is 9.45. The third-order valence-electron chi connectivity index (χ3n) is 8.52. The van der Waals surface area contributed by atoms with Crippen LogP contribution >= 0.6 is 0 Å². The molecule has 0 radical (unpaired) electrons. The van der Waals surface area contributed by atoms with Crippen molar-refractivity contribution in [1.29, 1.82) is 0 Å². The number of hydrogen-bond acceptors (Lipinski definition) is 1. The maximum absolute atomic E-state index is 10.5. The molecule has 0 saturated heterocycles. The van der Waals surface area contributed by atoms with Gasteiger partial charge in [0.25, 0.3) is 0 Å². The SMILES string of the molecule is CC1=CCC[C@@]2(C)C1CC[C@@H]1[C@H]2CC[C@]2(C)C(O)CC[C@@H]12. The van der Waals surface area contributed by atoms with Crippen molar-refractivity contribution in [2.75, 3.05) is 0 Å². The minimum atomic E-state index is -0.0260. The van der Waals surface area contributed by atoms with E-state index >= 15 is 0 Å². The third kappa shape index (κ3) is 1.79. The van der Waals surface area contributed by atoms with Crippen molar-refractivity contribution in [3.63, 3.8) is 0 Å². The van der Waals surface area contributed by atoms with E-state index in [9.17, 15) is 5.11 Å². The highest BCUT2D eigenvalue weighted by atomic mass is 16.3. The molecule has 4 rings (SSSR count). The molecule has 0 aliphatic heterocycles. The van der Waals surface area contributed by atoms with Crippen LogP contribution in [0.4, 0.5) is 0 Å². The molecule has 0 aromatic rings. The lowest BCUT2D eigenvalue weighted by Crippen LogP contribution is -2.53. The zero-order valence-electron chi connectivity index (χ0n) is 14.1. The maximum Gasteiger partial charge on any atom is 0.0596 e. The zero-order chi connectivity index (χ0) is 14.8. The highest BCUT2D eigenvalue weighted by molar-refractivity contribution is 5.18. The molecule has 4 aliphatic carbocycles. The van der Waals surface area contributed by atoms with Gasteiger partial charge in [-0.25, -0.2) is 0 Å². The van der Waals surface area contributed by atoms with Crippen molar-refractivity contribution in [1.82, 2.24) is 0 Å². The van der Waals surface area contributed by atoms with Gasteiger partial charge < -0.3 is 5.11 Å². The Morgan fingerprint density at radius 2 is 1.71 bits per heavy atom. The monoisotopic (exact) mass is 288 g/mol. The van der Waals surface area contributed by atoms with Gasteiger partial charge in [0.1, 0.15) is 0 Å². The lowest BCUT2D eigenvalue weighted by Gasteiger charge is -2.60. The Morgan fingerprint density at radius 3 is 2.52 bits per heavy atom. The van der Waals surface area contributed by atoms with Crippen LogP contribution in [0.15, 0.2) is 11.6 Å². The summed E-state index contributed by atoms with van der Waals surface area (Å²) in [4.78, 5) is 0. The maximum atomic E-state index is 10.5. The smallest absolute Gasteiger partial charge is 0.0596 e. The van der Waals surface area contributed by atoms with Crippen LogP contribution in [0, 0.1) is 34.5 Å². The molecule has 1 nitrogen and oxygen atoms in total. The zero-order valence-corrected chi connectivity index (χ0v) is 14.1. The summed E-state index contributed by atoms with van der Waals surface area (Å²) in [5.74, 6) is 3.47. The summed E-state index contributed by atoms with van der Waals surface area (Å²) in [6, 6.07) is 0. The second kappa shape index (κ2) is 4.60. The summed E-state index contributed by atoms with van der Waals surface area (Å²) in [6.45, 7) is 7.39. The first-order chi connectivity index (χ1) is 9.97. The number of aliphatic hydroxyl groups excluding tert-OH is 1. The van der Waals surface area contributed by atoms with Gasteiger partial charge in [0.05, 0.1) is 6.10 Å². The van der Waals surface area contributed by atoms with Crippen LogP contribution in [0.1, 0.15) is 72.1 Å². The third-order valence-corrected chi connectivity index (χ3v) is 8.52. The molecular formula is C20H32O. The molecule has 3 fully saturated rings. The van der Waals surface area contributed by atoms with E-state index in [-0.39, 0.29) is 11.5 Å². The lowest BCUT2D eigenvalue weighted by molar-refractivity contribution is -0.106. The molecular weight excluding hydrogens is 256 g/mol. The van der Waals surface area contributed by atoms with Crippen molar-refractivity contribution in [2.45, 2.75) is 78.2 Å². The van der Waals surface area contributed by atoms with Crippen molar-refractivity contribution >= 4 is 0 Å². The highest BCUT2D eigenvalue weighted by Crippen LogP contribution is 2.66.